The topological polar surface area (TPSA) is 42.2 Å². The third-order valence-electron chi connectivity index (χ3n) is 3.42. The first kappa shape index (κ1) is 16.3. The number of aryl methyl sites for hydroxylation is 1. The molecule has 2 aromatic carbocycles. The van der Waals surface area contributed by atoms with Crippen molar-refractivity contribution in [1.29, 1.82) is 5.26 Å². The normalized spacial score (nSPS) is 10.1. The minimum Gasteiger partial charge on any atom is -0.493 e. The molecule has 0 aliphatic heterocycles. The summed E-state index contributed by atoms with van der Waals surface area (Å²) in [5.74, 6) is 3.29. The van der Waals surface area contributed by atoms with E-state index in [4.69, 9.17) is 14.7 Å². The molecule has 0 radical (unpaired) electrons. The van der Waals surface area contributed by atoms with Gasteiger partial charge in [-0.15, -0.1) is 0 Å². The zero-order valence-electron chi connectivity index (χ0n) is 13.1. The summed E-state index contributed by atoms with van der Waals surface area (Å²) in [7, 11) is 3.30. The fraction of sp³-hybridized carbons (Fsp3) is 0.278. The molecular formula is C18H19NO2S. The molecule has 4 heteroatoms. The quantitative estimate of drug-likeness (QED) is 0.796. The number of rotatable bonds is 6. The van der Waals surface area contributed by atoms with Gasteiger partial charge in [-0.05, 0) is 47.9 Å². The minimum absolute atomic E-state index is 0.709. The number of thioether (sulfide) groups is 1. The Hall–Kier alpha value is -2.12. The maximum absolute atomic E-state index is 8.93. The Morgan fingerprint density at radius 3 is 2.45 bits per heavy atom. The zero-order valence-corrected chi connectivity index (χ0v) is 13.9. The summed E-state index contributed by atoms with van der Waals surface area (Å²) in [6.07, 6.45) is 0. The molecule has 0 bridgehead atoms. The van der Waals surface area contributed by atoms with E-state index in [-0.39, 0.29) is 0 Å². The lowest BCUT2D eigenvalue weighted by Crippen LogP contribution is -1.95. The second-order valence-corrected chi connectivity index (χ2v) is 5.92. The van der Waals surface area contributed by atoms with Gasteiger partial charge in [0.2, 0.25) is 0 Å². The molecule has 0 saturated carbocycles. The highest BCUT2D eigenvalue weighted by Gasteiger charge is 2.08. The molecule has 3 nitrogen and oxygen atoms in total. The summed E-state index contributed by atoms with van der Waals surface area (Å²) < 4.78 is 10.7. The second-order valence-electron chi connectivity index (χ2n) is 4.94. The Balaban J connectivity index is 2.04. The van der Waals surface area contributed by atoms with Crippen LogP contribution in [0.2, 0.25) is 0 Å². The minimum atomic E-state index is 0.709. The van der Waals surface area contributed by atoms with Crippen molar-refractivity contribution in [2.45, 2.75) is 18.4 Å². The lowest BCUT2D eigenvalue weighted by atomic mass is 10.1. The third-order valence-corrected chi connectivity index (χ3v) is 4.48. The molecule has 0 aliphatic rings. The van der Waals surface area contributed by atoms with Gasteiger partial charge in [0, 0.05) is 11.5 Å². The highest BCUT2D eigenvalue weighted by atomic mass is 32.2. The van der Waals surface area contributed by atoms with E-state index in [1.807, 2.05) is 42.1 Å². The predicted octanol–water partition coefficient (Wildman–Crippen LogP) is 4.32. The molecule has 0 aromatic heterocycles. The second kappa shape index (κ2) is 7.77. The van der Waals surface area contributed by atoms with E-state index < -0.39 is 0 Å². The molecule has 114 valence electrons. The van der Waals surface area contributed by atoms with Crippen LogP contribution in [0.3, 0.4) is 0 Å². The summed E-state index contributed by atoms with van der Waals surface area (Å²) in [5, 5.41) is 8.93. The summed E-state index contributed by atoms with van der Waals surface area (Å²) in [6, 6.07) is 14.0. The molecule has 0 N–H and O–H groups in total. The van der Waals surface area contributed by atoms with E-state index in [2.05, 4.69) is 19.1 Å². The van der Waals surface area contributed by atoms with E-state index >= 15 is 0 Å². The number of ether oxygens (including phenoxy) is 2. The largest absolute Gasteiger partial charge is 0.493 e. The van der Waals surface area contributed by atoms with Crippen LogP contribution in [-0.2, 0) is 11.5 Å². The van der Waals surface area contributed by atoms with Gasteiger partial charge in [-0.1, -0.05) is 12.1 Å². The maximum atomic E-state index is 8.93. The van der Waals surface area contributed by atoms with Gasteiger partial charge in [-0.25, -0.2) is 0 Å². The summed E-state index contributed by atoms with van der Waals surface area (Å²) >= 11 is 1.82. The lowest BCUT2D eigenvalue weighted by molar-refractivity contribution is 0.354. The zero-order chi connectivity index (χ0) is 15.9. The summed E-state index contributed by atoms with van der Waals surface area (Å²) in [6.45, 7) is 2.08. The van der Waals surface area contributed by atoms with Crippen molar-refractivity contribution < 1.29 is 9.47 Å². The Kier molecular flexibility index (Phi) is 5.74. The van der Waals surface area contributed by atoms with E-state index in [0.29, 0.717) is 5.56 Å². The fourth-order valence-electron chi connectivity index (χ4n) is 2.19. The molecule has 0 heterocycles. The number of hydrogen-bond acceptors (Lipinski definition) is 4. The summed E-state index contributed by atoms with van der Waals surface area (Å²) in [4.78, 5) is 0. The van der Waals surface area contributed by atoms with Crippen molar-refractivity contribution in [2.24, 2.45) is 0 Å². The van der Waals surface area contributed by atoms with Crippen LogP contribution in [0.15, 0.2) is 36.4 Å². The van der Waals surface area contributed by atoms with Gasteiger partial charge in [-0.2, -0.15) is 17.0 Å². The number of nitrogens with zero attached hydrogens (tertiary/aromatic N) is 1. The maximum Gasteiger partial charge on any atom is 0.161 e. The highest BCUT2D eigenvalue weighted by molar-refractivity contribution is 7.97. The van der Waals surface area contributed by atoms with E-state index in [1.54, 1.807) is 14.2 Å². The molecule has 0 fully saturated rings. The molecule has 22 heavy (non-hydrogen) atoms. The average molecular weight is 313 g/mol. The Labute approximate surface area is 135 Å². The van der Waals surface area contributed by atoms with E-state index in [1.165, 1.54) is 16.7 Å². The number of benzene rings is 2. The van der Waals surface area contributed by atoms with Crippen LogP contribution >= 0.6 is 11.8 Å². The van der Waals surface area contributed by atoms with Gasteiger partial charge in [-0.3, -0.25) is 0 Å². The standard InChI is InChI=1S/C18H19NO2S/c1-13-7-17(20-2)18(21-3)9-16(13)12-22-11-15-6-4-5-14(8-15)10-19/h4-9H,11-12H2,1-3H3. The Morgan fingerprint density at radius 1 is 1.05 bits per heavy atom. The van der Waals surface area contributed by atoms with Crippen LogP contribution in [-0.4, -0.2) is 14.2 Å². The fourth-order valence-corrected chi connectivity index (χ4v) is 3.24. The van der Waals surface area contributed by atoms with Crippen LogP contribution in [0.4, 0.5) is 0 Å². The first-order valence-corrected chi connectivity index (χ1v) is 8.11. The third kappa shape index (κ3) is 3.96. The molecule has 0 atom stereocenters. The van der Waals surface area contributed by atoms with Gasteiger partial charge in [0.15, 0.2) is 11.5 Å². The van der Waals surface area contributed by atoms with Crippen molar-refractivity contribution in [3.8, 4) is 17.6 Å². The first-order valence-electron chi connectivity index (χ1n) is 6.96. The van der Waals surface area contributed by atoms with Crippen molar-refractivity contribution in [3.05, 3.63) is 58.7 Å². The van der Waals surface area contributed by atoms with Crippen LogP contribution < -0.4 is 9.47 Å². The van der Waals surface area contributed by atoms with Crippen molar-refractivity contribution in [3.63, 3.8) is 0 Å². The first-order chi connectivity index (χ1) is 10.7. The summed E-state index contributed by atoms with van der Waals surface area (Å²) in [5.41, 5.74) is 4.30. The molecule has 2 rings (SSSR count). The van der Waals surface area contributed by atoms with Crippen LogP contribution in [0, 0.1) is 18.3 Å². The van der Waals surface area contributed by atoms with E-state index in [0.717, 1.165) is 23.0 Å². The van der Waals surface area contributed by atoms with Crippen LogP contribution in [0.25, 0.3) is 0 Å². The van der Waals surface area contributed by atoms with Crippen molar-refractivity contribution in [2.75, 3.05) is 14.2 Å². The number of hydrogen-bond donors (Lipinski definition) is 0. The average Bonchev–Trinajstić information content (AvgIpc) is 2.56. The molecule has 0 aliphatic carbocycles. The molecule has 0 spiro atoms. The van der Waals surface area contributed by atoms with Gasteiger partial charge >= 0.3 is 0 Å². The predicted molar refractivity (Wildman–Crippen MR) is 90.4 cm³/mol. The smallest absolute Gasteiger partial charge is 0.161 e. The number of nitriles is 1. The van der Waals surface area contributed by atoms with E-state index in [9.17, 15) is 0 Å². The molecular weight excluding hydrogens is 294 g/mol. The monoisotopic (exact) mass is 313 g/mol. The molecule has 0 saturated heterocycles. The van der Waals surface area contributed by atoms with Gasteiger partial charge in [0.05, 0.1) is 25.9 Å². The van der Waals surface area contributed by atoms with Crippen molar-refractivity contribution >= 4 is 11.8 Å². The SMILES string of the molecule is COc1cc(C)c(CSCc2cccc(C#N)c2)cc1OC. The number of methoxy groups -OCH3 is 2. The Bertz CT molecular complexity index is 692. The van der Waals surface area contributed by atoms with Gasteiger partial charge in [0.1, 0.15) is 0 Å². The molecule has 0 unspecified atom stereocenters. The van der Waals surface area contributed by atoms with Gasteiger partial charge < -0.3 is 9.47 Å². The van der Waals surface area contributed by atoms with Crippen molar-refractivity contribution in [1.82, 2.24) is 0 Å². The lowest BCUT2D eigenvalue weighted by Gasteiger charge is -2.12. The molecule has 0 amide bonds. The van der Waals surface area contributed by atoms with Gasteiger partial charge in [0.25, 0.3) is 0 Å². The van der Waals surface area contributed by atoms with Crippen LogP contribution in [0.5, 0.6) is 11.5 Å². The Morgan fingerprint density at radius 2 is 1.77 bits per heavy atom. The van der Waals surface area contributed by atoms with Crippen LogP contribution in [0.1, 0.15) is 22.3 Å². The highest BCUT2D eigenvalue weighted by Crippen LogP contribution is 2.32. The molecule has 2 aromatic rings.